The Hall–Kier alpha value is -1.52. The molecule has 0 aliphatic carbocycles. The predicted octanol–water partition coefficient (Wildman–Crippen LogP) is 2.64. The lowest BCUT2D eigenvalue weighted by Gasteiger charge is -2.06. The molecule has 0 bridgehead atoms. The highest BCUT2D eigenvalue weighted by Gasteiger charge is 2.11. The normalized spacial score (nSPS) is 11.0. The molecule has 96 valence electrons. The molecule has 0 aliphatic heterocycles. The van der Waals surface area contributed by atoms with Gasteiger partial charge in [-0.2, -0.15) is 0 Å². The van der Waals surface area contributed by atoms with Crippen LogP contribution in [0.5, 0.6) is 0 Å². The van der Waals surface area contributed by atoms with Gasteiger partial charge in [-0.25, -0.2) is 4.79 Å². The Morgan fingerprint density at radius 2 is 1.94 bits per heavy atom. The third-order valence-electron chi connectivity index (χ3n) is 1.97. The Morgan fingerprint density at radius 3 is 2.44 bits per heavy atom. The average Bonchev–Trinajstić information content (AvgIpc) is 2.31. The van der Waals surface area contributed by atoms with E-state index >= 15 is 0 Å². The van der Waals surface area contributed by atoms with Crippen LogP contribution < -0.4 is 5.32 Å². The van der Waals surface area contributed by atoms with Crippen LogP contribution in [0.25, 0.3) is 6.08 Å². The lowest BCUT2D eigenvalue weighted by Crippen LogP contribution is -2.25. The molecule has 6 heteroatoms. The van der Waals surface area contributed by atoms with Crippen LogP contribution in [0.1, 0.15) is 12.5 Å². The fraction of sp³-hybridized carbons (Fsp3) is 0.167. The Balaban J connectivity index is 3.10. The van der Waals surface area contributed by atoms with Crippen molar-refractivity contribution in [3.63, 3.8) is 0 Å². The summed E-state index contributed by atoms with van der Waals surface area (Å²) >= 11 is 11.6. The van der Waals surface area contributed by atoms with Crippen molar-refractivity contribution >= 4 is 41.2 Å². The highest BCUT2D eigenvalue weighted by Crippen LogP contribution is 2.23. The van der Waals surface area contributed by atoms with E-state index in [0.29, 0.717) is 15.6 Å². The minimum atomic E-state index is -0.642. The number of rotatable bonds is 3. The van der Waals surface area contributed by atoms with E-state index in [9.17, 15) is 9.59 Å². The Kier molecular flexibility index (Phi) is 5.19. The minimum absolute atomic E-state index is 0.0309. The molecule has 18 heavy (non-hydrogen) atoms. The number of hydrogen-bond donors (Lipinski definition) is 1. The van der Waals surface area contributed by atoms with Crippen molar-refractivity contribution in [3.05, 3.63) is 39.5 Å². The van der Waals surface area contributed by atoms with Crippen LogP contribution in [0.15, 0.2) is 23.9 Å². The lowest BCUT2D eigenvalue weighted by molar-refractivity contribution is -0.137. The van der Waals surface area contributed by atoms with Gasteiger partial charge < -0.3 is 10.1 Å². The maximum atomic E-state index is 11.4. The third-order valence-corrected chi connectivity index (χ3v) is 2.71. The van der Waals surface area contributed by atoms with E-state index in [1.165, 1.54) is 20.1 Å². The minimum Gasteiger partial charge on any atom is -0.464 e. The van der Waals surface area contributed by atoms with E-state index in [0.717, 1.165) is 0 Å². The number of benzene rings is 1. The number of methoxy groups -OCH3 is 1. The summed E-state index contributed by atoms with van der Waals surface area (Å²) in [7, 11) is 1.23. The standard InChI is InChI=1S/C12H11Cl2NO3/c1-7(16)15-11(12(17)18-2)6-8-3-4-9(13)10(14)5-8/h3-6H,1-2H3,(H,15,16)/b11-6+. The number of hydrogen-bond acceptors (Lipinski definition) is 3. The number of halogens is 2. The Morgan fingerprint density at radius 1 is 1.28 bits per heavy atom. The van der Waals surface area contributed by atoms with Crippen molar-refractivity contribution in [2.45, 2.75) is 6.92 Å². The van der Waals surface area contributed by atoms with E-state index in [1.807, 2.05) is 0 Å². The predicted molar refractivity (Wildman–Crippen MR) is 70.3 cm³/mol. The summed E-state index contributed by atoms with van der Waals surface area (Å²) in [5.41, 5.74) is 0.655. The molecule has 1 N–H and O–H groups in total. The SMILES string of the molecule is COC(=O)/C(=C\c1ccc(Cl)c(Cl)c1)NC(C)=O. The fourth-order valence-corrected chi connectivity index (χ4v) is 1.52. The van der Waals surface area contributed by atoms with Crippen LogP contribution >= 0.6 is 23.2 Å². The average molecular weight is 288 g/mol. The summed E-state index contributed by atoms with van der Waals surface area (Å²) in [5.74, 6) is -1.01. The van der Waals surface area contributed by atoms with Crippen molar-refractivity contribution in [3.8, 4) is 0 Å². The second-order valence-corrected chi connectivity index (χ2v) is 4.22. The molecule has 0 fully saturated rings. The number of amides is 1. The van der Waals surface area contributed by atoms with Gasteiger partial charge in [0.05, 0.1) is 17.2 Å². The van der Waals surface area contributed by atoms with Crippen LogP contribution in [0.3, 0.4) is 0 Å². The van der Waals surface area contributed by atoms with E-state index < -0.39 is 5.97 Å². The zero-order valence-corrected chi connectivity index (χ0v) is 11.3. The molecule has 0 aromatic heterocycles. The zero-order valence-electron chi connectivity index (χ0n) is 9.79. The number of carbonyl (C=O) groups excluding carboxylic acids is 2. The Labute approximate surface area is 115 Å². The van der Waals surface area contributed by atoms with Gasteiger partial charge in [0, 0.05) is 6.92 Å². The second kappa shape index (κ2) is 6.42. The molecule has 0 aliphatic rings. The van der Waals surface area contributed by atoms with E-state index in [-0.39, 0.29) is 11.6 Å². The van der Waals surface area contributed by atoms with Gasteiger partial charge in [0.1, 0.15) is 5.70 Å². The maximum Gasteiger partial charge on any atom is 0.354 e. The van der Waals surface area contributed by atoms with Gasteiger partial charge >= 0.3 is 5.97 Å². The van der Waals surface area contributed by atoms with Crippen molar-refractivity contribution in [2.24, 2.45) is 0 Å². The topological polar surface area (TPSA) is 55.4 Å². The molecule has 1 aromatic rings. The molecule has 4 nitrogen and oxygen atoms in total. The monoisotopic (exact) mass is 287 g/mol. The molecule has 0 atom stereocenters. The number of carbonyl (C=O) groups is 2. The van der Waals surface area contributed by atoms with Gasteiger partial charge in [0.25, 0.3) is 0 Å². The zero-order chi connectivity index (χ0) is 13.7. The molecule has 1 rings (SSSR count). The molecule has 0 saturated carbocycles. The molecule has 0 saturated heterocycles. The van der Waals surface area contributed by atoms with E-state index in [2.05, 4.69) is 10.1 Å². The summed E-state index contributed by atoms with van der Waals surface area (Å²) in [6, 6.07) is 4.84. The van der Waals surface area contributed by atoms with Crippen LogP contribution in [0.4, 0.5) is 0 Å². The van der Waals surface area contributed by atoms with E-state index in [1.54, 1.807) is 18.2 Å². The summed E-state index contributed by atoms with van der Waals surface area (Å²) in [6.07, 6.45) is 1.45. The van der Waals surface area contributed by atoms with Crippen LogP contribution in [-0.2, 0) is 14.3 Å². The van der Waals surface area contributed by atoms with Gasteiger partial charge in [-0.1, -0.05) is 29.3 Å². The first-order chi connectivity index (χ1) is 8.43. The highest BCUT2D eigenvalue weighted by atomic mass is 35.5. The second-order valence-electron chi connectivity index (χ2n) is 3.40. The number of nitrogens with one attached hydrogen (secondary N) is 1. The molecule has 0 unspecified atom stereocenters. The van der Waals surface area contributed by atoms with Crippen LogP contribution in [0.2, 0.25) is 10.0 Å². The molecular formula is C12H11Cl2NO3. The summed E-state index contributed by atoms with van der Waals surface area (Å²) in [4.78, 5) is 22.4. The van der Waals surface area contributed by atoms with Gasteiger partial charge in [-0.15, -0.1) is 0 Å². The van der Waals surface area contributed by atoms with Crippen molar-refractivity contribution in [1.82, 2.24) is 5.32 Å². The summed E-state index contributed by atoms with van der Waals surface area (Å²) < 4.78 is 4.56. The van der Waals surface area contributed by atoms with E-state index in [4.69, 9.17) is 23.2 Å². The van der Waals surface area contributed by atoms with Crippen molar-refractivity contribution < 1.29 is 14.3 Å². The molecule has 0 heterocycles. The van der Waals surface area contributed by atoms with Gasteiger partial charge in [0.2, 0.25) is 5.91 Å². The van der Waals surface area contributed by atoms with Gasteiger partial charge in [-0.05, 0) is 23.8 Å². The van der Waals surface area contributed by atoms with Crippen LogP contribution in [-0.4, -0.2) is 19.0 Å². The fourth-order valence-electron chi connectivity index (χ4n) is 1.21. The highest BCUT2D eigenvalue weighted by molar-refractivity contribution is 6.42. The smallest absolute Gasteiger partial charge is 0.354 e. The van der Waals surface area contributed by atoms with Gasteiger partial charge in [0.15, 0.2) is 0 Å². The first kappa shape index (κ1) is 14.5. The molecule has 1 aromatic carbocycles. The molecule has 0 spiro atoms. The molecule has 0 radical (unpaired) electrons. The molecular weight excluding hydrogens is 277 g/mol. The third kappa shape index (κ3) is 4.05. The van der Waals surface area contributed by atoms with Crippen molar-refractivity contribution in [1.29, 1.82) is 0 Å². The summed E-state index contributed by atoms with van der Waals surface area (Å²) in [5, 5.41) is 3.15. The largest absolute Gasteiger partial charge is 0.464 e. The van der Waals surface area contributed by atoms with Crippen molar-refractivity contribution in [2.75, 3.05) is 7.11 Å². The maximum absolute atomic E-state index is 11.4. The first-order valence-electron chi connectivity index (χ1n) is 4.96. The quantitative estimate of drug-likeness (QED) is 0.687. The number of ether oxygens (including phenoxy) is 1. The summed E-state index contributed by atoms with van der Waals surface area (Å²) in [6.45, 7) is 1.30. The molecule has 1 amide bonds. The van der Waals surface area contributed by atoms with Gasteiger partial charge in [-0.3, -0.25) is 4.79 Å². The lowest BCUT2D eigenvalue weighted by atomic mass is 10.2. The first-order valence-corrected chi connectivity index (χ1v) is 5.72. The van der Waals surface area contributed by atoms with Crippen LogP contribution in [0, 0.1) is 0 Å². The Bertz CT molecular complexity index is 512. The number of esters is 1.